The van der Waals surface area contributed by atoms with Crippen LogP contribution in [0, 0.1) is 10.1 Å². The van der Waals surface area contributed by atoms with Gasteiger partial charge < -0.3 is 5.11 Å². The van der Waals surface area contributed by atoms with Crippen LogP contribution in [0.5, 0.6) is 0 Å². The molecule has 0 aliphatic carbocycles. The lowest BCUT2D eigenvalue weighted by Crippen LogP contribution is -1.97. The van der Waals surface area contributed by atoms with Crippen molar-refractivity contribution in [3.8, 4) is 0 Å². The van der Waals surface area contributed by atoms with Crippen molar-refractivity contribution in [2.45, 2.75) is 71.1 Å². The first-order chi connectivity index (χ1) is 12.1. The number of carboxylic acids is 1. The minimum Gasteiger partial charge on any atom is -0.481 e. The monoisotopic (exact) mass is 349 g/mol. The van der Waals surface area contributed by atoms with Crippen molar-refractivity contribution < 1.29 is 14.8 Å². The Labute approximate surface area is 151 Å². The maximum Gasteiger partial charge on any atom is 0.303 e. The summed E-state index contributed by atoms with van der Waals surface area (Å²) in [7, 11) is 0. The summed E-state index contributed by atoms with van der Waals surface area (Å²) in [6, 6.07) is 0. The zero-order valence-corrected chi connectivity index (χ0v) is 15.2. The fraction of sp³-hybridized carbons (Fsp3) is 0.550. The third-order valence-corrected chi connectivity index (χ3v) is 3.56. The number of hydrogen-bond acceptors (Lipinski definition) is 3. The van der Waals surface area contributed by atoms with Crippen molar-refractivity contribution in [3.63, 3.8) is 0 Å². The van der Waals surface area contributed by atoms with E-state index >= 15 is 0 Å². The van der Waals surface area contributed by atoms with E-state index in [-0.39, 0.29) is 17.0 Å². The van der Waals surface area contributed by atoms with Crippen LogP contribution in [0.25, 0.3) is 0 Å². The Morgan fingerprint density at radius 3 is 2.24 bits per heavy atom. The molecule has 0 aromatic rings. The molecule has 0 unspecified atom stereocenters. The van der Waals surface area contributed by atoms with E-state index in [9.17, 15) is 14.9 Å². The average Bonchev–Trinajstić information content (AvgIpc) is 2.57. The van der Waals surface area contributed by atoms with Gasteiger partial charge in [-0.2, -0.15) is 0 Å². The lowest BCUT2D eigenvalue weighted by Gasteiger charge is -1.94. The molecule has 5 heteroatoms. The van der Waals surface area contributed by atoms with Crippen LogP contribution in [0.4, 0.5) is 0 Å². The van der Waals surface area contributed by atoms with Gasteiger partial charge in [0.2, 0.25) is 5.70 Å². The van der Waals surface area contributed by atoms with E-state index in [1.165, 1.54) is 19.3 Å². The summed E-state index contributed by atoms with van der Waals surface area (Å²) < 4.78 is 0. The third kappa shape index (κ3) is 16.5. The van der Waals surface area contributed by atoms with Crippen molar-refractivity contribution in [2.24, 2.45) is 0 Å². The standard InChI is InChI=1S/C20H31NO4/c1-2-3-4-5-7-10-13-16-19(21(24)25)17-14-11-8-6-9-12-15-18-20(22)23/h6-7,9-11,14,16H,2-5,8,12-13,15,17-18H2,1H3,(H,22,23)/b9-6+,10-7+,14-11+,19-16-. The van der Waals surface area contributed by atoms with Gasteiger partial charge in [0.1, 0.15) is 0 Å². The van der Waals surface area contributed by atoms with E-state index < -0.39 is 5.97 Å². The Hall–Kier alpha value is -2.17. The molecule has 25 heavy (non-hydrogen) atoms. The second kappa shape index (κ2) is 16.7. The van der Waals surface area contributed by atoms with E-state index in [4.69, 9.17) is 5.11 Å². The van der Waals surface area contributed by atoms with Gasteiger partial charge in [0, 0.05) is 6.42 Å². The van der Waals surface area contributed by atoms with Gasteiger partial charge in [0.15, 0.2) is 0 Å². The molecule has 5 nitrogen and oxygen atoms in total. The number of carboxylic acid groups (broad SMARTS) is 1. The molecule has 0 saturated heterocycles. The largest absolute Gasteiger partial charge is 0.481 e. The molecule has 1 N–H and O–H groups in total. The molecule has 0 aliphatic heterocycles. The summed E-state index contributed by atoms with van der Waals surface area (Å²) in [6.07, 6.45) is 21.2. The molecule has 0 spiro atoms. The number of unbranched alkanes of at least 4 members (excludes halogenated alkanes) is 4. The fourth-order valence-corrected chi connectivity index (χ4v) is 2.13. The van der Waals surface area contributed by atoms with Gasteiger partial charge in [-0.1, -0.05) is 56.2 Å². The van der Waals surface area contributed by atoms with Crippen LogP contribution in [-0.2, 0) is 4.79 Å². The summed E-state index contributed by atoms with van der Waals surface area (Å²) in [5.74, 6) is -0.775. The van der Waals surface area contributed by atoms with E-state index in [2.05, 4.69) is 13.0 Å². The average molecular weight is 349 g/mol. The molecule has 0 aliphatic rings. The van der Waals surface area contributed by atoms with Gasteiger partial charge in [-0.3, -0.25) is 14.9 Å². The molecule has 0 amide bonds. The van der Waals surface area contributed by atoms with Gasteiger partial charge in [-0.15, -0.1) is 0 Å². The Morgan fingerprint density at radius 1 is 0.960 bits per heavy atom. The summed E-state index contributed by atoms with van der Waals surface area (Å²) in [6.45, 7) is 2.17. The molecule has 0 aromatic carbocycles. The topological polar surface area (TPSA) is 80.4 Å². The third-order valence-electron chi connectivity index (χ3n) is 3.56. The molecule has 0 bridgehead atoms. The highest BCUT2D eigenvalue weighted by atomic mass is 16.6. The van der Waals surface area contributed by atoms with Crippen LogP contribution < -0.4 is 0 Å². The van der Waals surface area contributed by atoms with Crippen LogP contribution in [0.15, 0.2) is 48.2 Å². The smallest absolute Gasteiger partial charge is 0.303 e. The lowest BCUT2D eigenvalue weighted by molar-refractivity contribution is -0.427. The highest BCUT2D eigenvalue weighted by molar-refractivity contribution is 5.66. The lowest BCUT2D eigenvalue weighted by atomic mass is 10.2. The minimum atomic E-state index is -0.775. The normalized spacial score (nSPS) is 12.6. The number of nitrogens with zero attached hydrogens (tertiary/aromatic N) is 1. The first-order valence-corrected chi connectivity index (χ1v) is 9.08. The van der Waals surface area contributed by atoms with Crippen LogP contribution in [-0.4, -0.2) is 16.0 Å². The number of carbonyl (C=O) groups is 1. The quantitative estimate of drug-likeness (QED) is 0.175. The van der Waals surface area contributed by atoms with Gasteiger partial charge in [-0.25, -0.2) is 0 Å². The molecule has 140 valence electrons. The summed E-state index contributed by atoms with van der Waals surface area (Å²) in [5.41, 5.74) is 0.222. The Bertz CT molecular complexity index is 490. The Kier molecular flexibility index (Phi) is 15.2. The van der Waals surface area contributed by atoms with Gasteiger partial charge in [0.05, 0.1) is 11.3 Å². The second-order valence-electron chi connectivity index (χ2n) is 5.82. The zero-order valence-electron chi connectivity index (χ0n) is 15.2. The van der Waals surface area contributed by atoms with Gasteiger partial charge in [0.25, 0.3) is 0 Å². The molecule has 0 aromatic heterocycles. The molecular weight excluding hydrogens is 318 g/mol. The number of hydrogen-bond donors (Lipinski definition) is 1. The first kappa shape index (κ1) is 22.8. The highest BCUT2D eigenvalue weighted by Crippen LogP contribution is 2.07. The van der Waals surface area contributed by atoms with Crippen LogP contribution in [0.1, 0.15) is 71.1 Å². The maximum atomic E-state index is 11.0. The number of nitro groups is 1. The van der Waals surface area contributed by atoms with E-state index in [0.29, 0.717) is 25.7 Å². The van der Waals surface area contributed by atoms with E-state index in [0.717, 1.165) is 12.8 Å². The predicted octanol–water partition coefficient (Wildman–Crippen LogP) is 5.82. The van der Waals surface area contributed by atoms with Crippen molar-refractivity contribution in [1.29, 1.82) is 0 Å². The Morgan fingerprint density at radius 2 is 1.60 bits per heavy atom. The molecule has 0 heterocycles. The van der Waals surface area contributed by atoms with Crippen LogP contribution in [0.2, 0.25) is 0 Å². The predicted molar refractivity (Wildman–Crippen MR) is 102 cm³/mol. The molecule has 0 radical (unpaired) electrons. The van der Waals surface area contributed by atoms with E-state index in [1.54, 1.807) is 12.2 Å². The van der Waals surface area contributed by atoms with Gasteiger partial charge >= 0.3 is 5.97 Å². The SMILES string of the molecule is CCCCC/C=C/C/C=C(/C/C=C/C/C=C/CCCC(=O)O)[N+](=O)[O-]. The van der Waals surface area contributed by atoms with Crippen molar-refractivity contribution in [1.82, 2.24) is 0 Å². The maximum absolute atomic E-state index is 11.0. The fourth-order valence-electron chi connectivity index (χ4n) is 2.13. The van der Waals surface area contributed by atoms with Crippen LogP contribution in [0.3, 0.4) is 0 Å². The van der Waals surface area contributed by atoms with E-state index in [1.807, 2.05) is 24.3 Å². The van der Waals surface area contributed by atoms with Crippen molar-refractivity contribution in [3.05, 3.63) is 58.3 Å². The highest BCUT2D eigenvalue weighted by Gasteiger charge is 2.06. The molecule has 0 atom stereocenters. The zero-order chi connectivity index (χ0) is 18.8. The molecule has 0 rings (SSSR count). The first-order valence-electron chi connectivity index (χ1n) is 9.08. The second-order valence-corrected chi connectivity index (χ2v) is 5.82. The molecule has 0 saturated carbocycles. The summed E-state index contributed by atoms with van der Waals surface area (Å²) in [4.78, 5) is 21.0. The Balaban J connectivity index is 4.01. The number of allylic oxidation sites excluding steroid dienone is 7. The summed E-state index contributed by atoms with van der Waals surface area (Å²) >= 11 is 0. The summed E-state index contributed by atoms with van der Waals surface area (Å²) in [5, 5.41) is 19.5. The van der Waals surface area contributed by atoms with Crippen LogP contribution >= 0.6 is 0 Å². The van der Waals surface area contributed by atoms with Crippen molar-refractivity contribution in [2.75, 3.05) is 0 Å². The number of rotatable bonds is 15. The molecule has 0 fully saturated rings. The van der Waals surface area contributed by atoms with Gasteiger partial charge in [-0.05, 0) is 44.6 Å². The molecular formula is C20H31NO4. The van der Waals surface area contributed by atoms with Crippen molar-refractivity contribution >= 4 is 5.97 Å². The number of aliphatic carboxylic acids is 1. The minimum absolute atomic E-state index is 0.185.